The van der Waals surface area contributed by atoms with Gasteiger partial charge in [-0.3, -0.25) is 0 Å². The van der Waals surface area contributed by atoms with Gasteiger partial charge in [-0.15, -0.1) is 0 Å². The Kier molecular flexibility index (Phi) is 2.23. The smallest absolute Gasteiger partial charge is 0.0542 e. The van der Waals surface area contributed by atoms with E-state index in [1.54, 1.807) is 0 Å². The standard InChI is InChI=1S/C13H14ClNO/c14-10-2-3-11-9(6-10)7-12(15-11)13(8-16)4-1-5-13/h2-3,6-7,15-16H,1,4-5,8H2. The molecule has 1 aliphatic rings. The predicted molar refractivity (Wildman–Crippen MR) is 65.9 cm³/mol. The highest BCUT2D eigenvalue weighted by Gasteiger charge is 2.39. The van der Waals surface area contributed by atoms with E-state index >= 15 is 0 Å². The molecule has 1 heterocycles. The molecule has 1 fully saturated rings. The Bertz CT molecular complexity index is 522. The van der Waals surface area contributed by atoms with E-state index in [-0.39, 0.29) is 12.0 Å². The molecule has 1 aromatic heterocycles. The third kappa shape index (κ3) is 1.37. The molecule has 0 amide bonds. The number of benzene rings is 1. The number of aliphatic hydroxyl groups is 1. The van der Waals surface area contributed by atoms with E-state index < -0.39 is 0 Å². The Morgan fingerprint density at radius 2 is 2.12 bits per heavy atom. The van der Waals surface area contributed by atoms with Crippen molar-refractivity contribution < 1.29 is 5.11 Å². The average molecular weight is 236 g/mol. The summed E-state index contributed by atoms with van der Waals surface area (Å²) in [4.78, 5) is 3.40. The summed E-state index contributed by atoms with van der Waals surface area (Å²) in [5.41, 5.74) is 2.23. The SMILES string of the molecule is OCC1(c2cc3cc(Cl)ccc3[nH]2)CCC1. The number of aliphatic hydroxyl groups excluding tert-OH is 1. The van der Waals surface area contributed by atoms with Crippen molar-refractivity contribution >= 4 is 22.5 Å². The van der Waals surface area contributed by atoms with Crippen LogP contribution in [0, 0.1) is 0 Å². The van der Waals surface area contributed by atoms with Crippen LogP contribution in [0.3, 0.4) is 0 Å². The lowest BCUT2D eigenvalue weighted by atomic mass is 9.67. The van der Waals surface area contributed by atoms with Crippen molar-refractivity contribution in [3.05, 3.63) is 35.0 Å². The molecule has 3 rings (SSSR count). The summed E-state index contributed by atoms with van der Waals surface area (Å²) < 4.78 is 0. The molecular weight excluding hydrogens is 222 g/mol. The maximum atomic E-state index is 9.52. The molecule has 3 heteroatoms. The lowest BCUT2D eigenvalue weighted by Gasteiger charge is -2.39. The van der Waals surface area contributed by atoms with Crippen molar-refractivity contribution in [1.82, 2.24) is 4.98 Å². The summed E-state index contributed by atoms with van der Waals surface area (Å²) in [6.45, 7) is 0.230. The first-order chi connectivity index (χ1) is 7.73. The number of aromatic amines is 1. The molecule has 0 aliphatic heterocycles. The minimum absolute atomic E-state index is 0.0223. The Labute approximate surface area is 99.2 Å². The monoisotopic (exact) mass is 235 g/mol. The van der Waals surface area contributed by atoms with Crippen molar-refractivity contribution in [1.29, 1.82) is 0 Å². The van der Waals surface area contributed by atoms with Crippen LogP contribution in [0.15, 0.2) is 24.3 Å². The number of fused-ring (bicyclic) bond motifs is 1. The average Bonchev–Trinajstić information content (AvgIpc) is 2.60. The summed E-state index contributed by atoms with van der Waals surface area (Å²) in [6, 6.07) is 7.96. The molecule has 0 saturated heterocycles. The summed E-state index contributed by atoms with van der Waals surface area (Å²) in [5, 5.41) is 11.4. The Balaban J connectivity index is 2.11. The van der Waals surface area contributed by atoms with E-state index in [2.05, 4.69) is 11.1 Å². The highest BCUT2D eigenvalue weighted by Crippen LogP contribution is 2.43. The first-order valence-electron chi connectivity index (χ1n) is 5.63. The minimum Gasteiger partial charge on any atom is -0.395 e. The van der Waals surface area contributed by atoms with Crippen molar-refractivity contribution in [3.8, 4) is 0 Å². The molecule has 0 atom stereocenters. The highest BCUT2D eigenvalue weighted by molar-refractivity contribution is 6.31. The van der Waals surface area contributed by atoms with Gasteiger partial charge in [0.25, 0.3) is 0 Å². The zero-order valence-corrected chi connectivity index (χ0v) is 9.72. The molecule has 1 saturated carbocycles. The van der Waals surface area contributed by atoms with Crippen LogP contribution >= 0.6 is 11.6 Å². The van der Waals surface area contributed by atoms with Gasteiger partial charge in [-0.1, -0.05) is 18.0 Å². The third-order valence-corrected chi connectivity index (χ3v) is 4.00. The molecule has 1 aromatic carbocycles. The van der Waals surface area contributed by atoms with Gasteiger partial charge in [-0.05, 0) is 37.1 Å². The van der Waals surface area contributed by atoms with Gasteiger partial charge in [-0.25, -0.2) is 0 Å². The van der Waals surface area contributed by atoms with Gasteiger partial charge in [0.2, 0.25) is 0 Å². The van der Waals surface area contributed by atoms with Gasteiger partial charge >= 0.3 is 0 Å². The zero-order valence-electron chi connectivity index (χ0n) is 8.96. The van der Waals surface area contributed by atoms with Crippen molar-refractivity contribution in [2.24, 2.45) is 0 Å². The van der Waals surface area contributed by atoms with Crippen LogP contribution in [0.5, 0.6) is 0 Å². The van der Waals surface area contributed by atoms with E-state index in [0.29, 0.717) is 0 Å². The Morgan fingerprint density at radius 1 is 1.31 bits per heavy atom. The molecule has 0 radical (unpaired) electrons. The molecule has 0 spiro atoms. The second kappa shape index (κ2) is 3.51. The first kappa shape index (κ1) is 10.2. The molecule has 16 heavy (non-hydrogen) atoms. The van der Waals surface area contributed by atoms with Crippen LogP contribution in [-0.2, 0) is 5.41 Å². The van der Waals surface area contributed by atoms with Gasteiger partial charge in [0.15, 0.2) is 0 Å². The van der Waals surface area contributed by atoms with Crippen molar-refractivity contribution in [2.45, 2.75) is 24.7 Å². The number of hydrogen-bond acceptors (Lipinski definition) is 1. The molecule has 1 aliphatic carbocycles. The largest absolute Gasteiger partial charge is 0.395 e. The number of hydrogen-bond donors (Lipinski definition) is 2. The molecule has 0 bridgehead atoms. The minimum atomic E-state index is -0.0223. The van der Waals surface area contributed by atoms with Crippen LogP contribution in [0.2, 0.25) is 5.02 Å². The Morgan fingerprint density at radius 3 is 2.75 bits per heavy atom. The van der Waals surface area contributed by atoms with Gasteiger partial charge in [0, 0.05) is 27.0 Å². The fourth-order valence-electron chi connectivity index (χ4n) is 2.51. The van der Waals surface area contributed by atoms with Crippen molar-refractivity contribution in [3.63, 3.8) is 0 Å². The van der Waals surface area contributed by atoms with Crippen LogP contribution < -0.4 is 0 Å². The fourth-order valence-corrected chi connectivity index (χ4v) is 2.69. The lowest BCUT2D eigenvalue weighted by Crippen LogP contribution is -2.38. The van der Waals surface area contributed by atoms with Crippen LogP contribution in [0.4, 0.5) is 0 Å². The quantitative estimate of drug-likeness (QED) is 0.824. The number of aromatic nitrogens is 1. The number of nitrogens with one attached hydrogen (secondary N) is 1. The predicted octanol–water partition coefficient (Wildman–Crippen LogP) is 3.24. The van der Waals surface area contributed by atoms with E-state index in [9.17, 15) is 5.11 Å². The lowest BCUT2D eigenvalue weighted by molar-refractivity contribution is 0.117. The van der Waals surface area contributed by atoms with E-state index in [1.807, 2.05) is 18.2 Å². The fraction of sp³-hybridized carbons (Fsp3) is 0.385. The van der Waals surface area contributed by atoms with Crippen LogP contribution in [0.25, 0.3) is 10.9 Å². The van der Waals surface area contributed by atoms with Gasteiger partial charge in [-0.2, -0.15) is 0 Å². The summed E-state index contributed by atoms with van der Waals surface area (Å²) in [5.74, 6) is 0. The molecule has 2 nitrogen and oxygen atoms in total. The van der Waals surface area contributed by atoms with Crippen molar-refractivity contribution in [2.75, 3.05) is 6.61 Å². The van der Waals surface area contributed by atoms with E-state index in [1.165, 1.54) is 6.42 Å². The second-order valence-corrected chi connectivity index (χ2v) is 5.14. The second-order valence-electron chi connectivity index (χ2n) is 4.71. The first-order valence-corrected chi connectivity index (χ1v) is 6.01. The van der Waals surface area contributed by atoms with Gasteiger partial charge < -0.3 is 10.1 Å². The maximum absolute atomic E-state index is 9.52. The third-order valence-electron chi connectivity index (χ3n) is 3.77. The van der Waals surface area contributed by atoms with E-state index in [4.69, 9.17) is 11.6 Å². The summed E-state index contributed by atoms with van der Waals surface area (Å²) in [7, 11) is 0. The van der Waals surface area contributed by atoms with E-state index in [0.717, 1.165) is 34.5 Å². The Hall–Kier alpha value is -0.990. The van der Waals surface area contributed by atoms with Crippen LogP contribution in [-0.4, -0.2) is 16.7 Å². The number of rotatable bonds is 2. The summed E-state index contributed by atoms with van der Waals surface area (Å²) in [6.07, 6.45) is 3.35. The zero-order chi connectivity index (χ0) is 11.2. The number of H-pyrrole nitrogens is 1. The number of halogens is 1. The molecule has 0 unspecified atom stereocenters. The topological polar surface area (TPSA) is 36.0 Å². The van der Waals surface area contributed by atoms with Crippen LogP contribution in [0.1, 0.15) is 25.0 Å². The van der Waals surface area contributed by atoms with Gasteiger partial charge in [0.05, 0.1) is 6.61 Å². The molecule has 84 valence electrons. The van der Waals surface area contributed by atoms with Gasteiger partial charge in [0.1, 0.15) is 0 Å². The maximum Gasteiger partial charge on any atom is 0.0542 e. The molecule has 2 aromatic rings. The summed E-state index contributed by atoms with van der Waals surface area (Å²) >= 11 is 5.96. The molecule has 2 N–H and O–H groups in total. The molecular formula is C13H14ClNO. The highest BCUT2D eigenvalue weighted by atomic mass is 35.5. The normalized spacial score (nSPS) is 18.6.